The minimum atomic E-state index is -0.858. The number of allylic oxidation sites excluding steroid dienone is 2. The first kappa shape index (κ1) is 8.78. The van der Waals surface area contributed by atoms with Gasteiger partial charge in [-0.1, -0.05) is 29.8 Å². The molecule has 0 aromatic carbocycles. The van der Waals surface area contributed by atoms with Gasteiger partial charge in [-0.05, 0) is 6.08 Å². The van der Waals surface area contributed by atoms with E-state index in [1.807, 2.05) is 18.2 Å². The molecule has 0 fully saturated rings. The van der Waals surface area contributed by atoms with Crippen molar-refractivity contribution in [2.75, 3.05) is 13.7 Å². The second-order valence-electron chi connectivity index (χ2n) is 2.43. The Bertz CT molecular complexity index is 189. The standard InChI is InChI=1S/C8H11ClO2/c1-11-8(9)5-3-2-4-7(8)6-10/h2-5,7,10H,6H2,1H3/t7-,8+/m0/s1. The van der Waals surface area contributed by atoms with Crippen LogP contribution in [-0.4, -0.2) is 23.9 Å². The van der Waals surface area contributed by atoms with Crippen molar-refractivity contribution in [2.24, 2.45) is 5.92 Å². The summed E-state index contributed by atoms with van der Waals surface area (Å²) >= 11 is 6.01. The van der Waals surface area contributed by atoms with E-state index >= 15 is 0 Å². The lowest BCUT2D eigenvalue weighted by atomic mass is 9.98. The molecule has 2 atom stereocenters. The maximum atomic E-state index is 8.91. The molecule has 1 aliphatic carbocycles. The molecule has 2 nitrogen and oxygen atoms in total. The van der Waals surface area contributed by atoms with E-state index in [4.69, 9.17) is 21.4 Å². The maximum absolute atomic E-state index is 8.91. The van der Waals surface area contributed by atoms with Crippen molar-refractivity contribution < 1.29 is 9.84 Å². The SMILES string of the molecule is CO[C@]1(Cl)C=CC=C[C@H]1CO. The van der Waals surface area contributed by atoms with E-state index in [1.165, 1.54) is 7.11 Å². The lowest BCUT2D eigenvalue weighted by Crippen LogP contribution is -2.34. The molecular formula is C8H11ClO2. The van der Waals surface area contributed by atoms with Crippen LogP contribution >= 0.6 is 11.6 Å². The van der Waals surface area contributed by atoms with Crippen LogP contribution < -0.4 is 0 Å². The van der Waals surface area contributed by atoms with E-state index in [0.717, 1.165) is 0 Å². The van der Waals surface area contributed by atoms with Gasteiger partial charge in [0, 0.05) is 13.0 Å². The van der Waals surface area contributed by atoms with E-state index in [2.05, 4.69) is 0 Å². The first-order valence-corrected chi connectivity index (χ1v) is 3.81. The monoisotopic (exact) mass is 174 g/mol. The van der Waals surface area contributed by atoms with Gasteiger partial charge >= 0.3 is 0 Å². The van der Waals surface area contributed by atoms with Crippen LogP contribution in [-0.2, 0) is 4.74 Å². The number of aliphatic hydroxyl groups excluding tert-OH is 1. The molecule has 0 aromatic heterocycles. The van der Waals surface area contributed by atoms with E-state index in [0.29, 0.717) is 0 Å². The minimum Gasteiger partial charge on any atom is -0.396 e. The fourth-order valence-corrected chi connectivity index (χ4v) is 1.26. The fourth-order valence-electron chi connectivity index (χ4n) is 1.04. The van der Waals surface area contributed by atoms with Gasteiger partial charge in [0.25, 0.3) is 0 Å². The summed E-state index contributed by atoms with van der Waals surface area (Å²) < 4.78 is 5.05. The Morgan fingerprint density at radius 3 is 2.82 bits per heavy atom. The van der Waals surface area contributed by atoms with Crippen molar-refractivity contribution in [3.8, 4) is 0 Å². The molecule has 11 heavy (non-hydrogen) atoms. The average Bonchev–Trinajstić information content (AvgIpc) is 2.05. The molecule has 0 amide bonds. The fraction of sp³-hybridized carbons (Fsp3) is 0.500. The van der Waals surface area contributed by atoms with Crippen molar-refractivity contribution in [1.82, 2.24) is 0 Å². The molecule has 1 aliphatic rings. The lowest BCUT2D eigenvalue weighted by molar-refractivity contribution is 0.0444. The number of ether oxygens (including phenoxy) is 1. The summed E-state index contributed by atoms with van der Waals surface area (Å²) in [5, 5.41) is 8.05. The van der Waals surface area contributed by atoms with Crippen molar-refractivity contribution in [3.05, 3.63) is 24.3 Å². The molecule has 0 heterocycles. The van der Waals surface area contributed by atoms with Gasteiger partial charge in [0.1, 0.15) is 0 Å². The van der Waals surface area contributed by atoms with Gasteiger partial charge < -0.3 is 9.84 Å². The first-order valence-electron chi connectivity index (χ1n) is 3.44. The van der Waals surface area contributed by atoms with Crippen LogP contribution in [0.1, 0.15) is 0 Å². The van der Waals surface area contributed by atoms with Gasteiger partial charge in [0.05, 0.1) is 6.61 Å². The van der Waals surface area contributed by atoms with Gasteiger partial charge in [-0.15, -0.1) is 0 Å². The molecule has 0 unspecified atom stereocenters. The van der Waals surface area contributed by atoms with Crippen LogP contribution in [0.15, 0.2) is 24.3 Å². The van der Waals surface area contributed by atoms with Gasteiger partial charge in [-0.25, -0.2) is 0 Å². The Hall–Kier alpha value is -0.310. The highest BCUT2D eigenvalue weighted by atomic mass is 35.5. The molecule has 62 valence electrons. The zero-order valence-electron chi connectivity index (χ0n) is 6.33. The van der Waals surface area contributed by atoms with Crippen LogP contribution in [0.2, 0.25) is 0 Å². The van der Waals surface area contributed by atoms with Crippen LogP contribution in [0.5, 0.6) is 0 Å². The topological polar surface area (TPSA) is 29.5 Å². The van der Waals surface area contributed by atoms with Gasteiger partial charge in [-0.3, -0.25) is 0 Å². The van der Waals surface area contributed by atoms with Gasteiger partial charge in [-0.2, -0.15) is 0 Å². The molecule has 3 heteroatoms. The molecule has 0 saturated heterocycles. The molecule has 0 saturated carbocycles. The zero-order valence-corrected chi connectivity index (χ0v) is 7.08. The summed E-state index contributed by atoms with van der Waals surface area (Å²) in [6, 6.07) is 0. The number of aliphatic hydroxyl groups is 1. The van der Waals surface area contributed by atoms with Crippen LogP contribution in [0.3, 0.4) is 0 Å². The van der Waals surface area contributed by atoms with E-state index in [1.54, 1.807) is 6.08 Å². The third kappa shape index (κ3) is 1.64. The largest absolute Gasteiger partial charge is 0.396 e. The maximum Gasteiger partial charge on any atom is 0.168 e. The molecule has 1 N–H and O–H groups in total. The highest BCUT2D eigenvalue weighted by Gasteiger charge is 2.33. The second-order valence-corrected chi connectivity index (χ2v) is 3.03. The Morgan fingerprint density at radius 2 is 2.36 bits per heavy atom. The van der Waals surface area contributed by atoms with E-state index in [9.17, 15) is 0 Å². The predicted molar refractivity (Wildman–Crippen MR) is 44.4 cm³/mol. The van der Waals surface area contributed by atoms with Crippen LogP contribution in [0.4, 0.5) is 0 Å². The normalized spacial score (nSPS) is 36.1. The molecule has 0 spiro atoms. The summed E-state index contributed by atoms with van der Waals surface area (Å²) in [5.74, 6) is -0.154. The Labute approximate surface area is 71.1 Å². The second kappa shape index (κ2) is 3.39. The summed E-state index contributed by atoms with van der Waals surface area (Å²) in [7, 11) is 1.53. The van der Waals surface area contributed by atoms with Crippen LogP contribution in [0.25, 0.3) is 0 Å². The highest BCUT2D eigenvalue weighted by Crippen LogP contribution is 2.31. The molecular weight excluding hydrogens is 164 g/mol. The summed E-state index contributed by atoms with van der Waals surface area (Å²) in [4.78, 5) is 0. The number of rotatable bonds is 2. The molecule has 1 rings (SSSR count). The minimum absolute atomic E-state index is 0.00181. The van der Waals surface area contributed by atoms with E-state index in [-0.39, 0.29) is 12.5 Å². The summed E-state index contributed by atoms with van der Waals surface area (Å²) in [5.41, 5.74) is 0. The Balaban J connectivity index is 2.77. The predicted octanol–water partition coefficient (Wildman–Crippen LogP) is 1.30. The van der Waals surface area contributed by atoms with Gasteiger partial charge in [0.15, 0.2) is 5.06 Å². The van der Waals surface area contributed by atoms with Crippen LogP contribution in [0, 0.1) is 5.92 Å². The quantitative estimate of drug-likeness (QED) is 0.640. The number of alkyl halides is 1. The summed E-state index contributed by atoms with van der Waals surface area (Å²) in [6.45, 7) is -0.00181. The van der Waals surface area contributed by atoms with E-state index < -0.39 is 5.06 Å². The number of methoxy groups -OCH3 is 1. The van der Waals surface area contributed by atoms with Crippen molar-refractivity contribution in [2.45, 2.75) is 5.06 Å². The average molecular weight is 175 g/mol. The van der Waals surface area contributed by atoms with Crippen molar-refractivity contribution >= 4 is 11.6 Å². The molecule has 0 radical (unpaired) electrons. The van der Waals surface area contributed by atoms with Crippen molar-refractivity contribution in [3.63, 3.8) is 0 Å². The van der Waals surface area contributed by atoms with Crippen molar-refractivity contribution in [1.29, 1.82) is 0 Å². The Kier molecular flexibility index (Phi) is 2.71. The molecule has 0 aliphatic heterocycles. The first-order chi connectivity index (χ1) is 5.23. The third-order valence-electron chi connectivity index (χ3n) is 1.79. The third-order valence-corrected chi connectivity index (χ3v) is 2.35. The Morgan fingerprint density at radius 1 is 1.64 bits per heavy atom. The van der Waals surface area contributed by atoms with Gasteiger partial charge in [0.2, 0.25) is 0 Å². The number of hydrogen-bond donors (Lipinski definition) is 1. The number of hydrogen-bond acceptors (Lipinski definition) is 2. The number of halogens is 1. The zero-order chi connectivity index (χ0) is 8.32. The lowest BCUT2D eigenvalue weighted by Gasteiger charge is -2.29. The smallest absolute Gasteiger partial charge is 0.168 e. The highest BCUT2D eigenvalue weighted by molar-refractivity contribution is 6.24. The molecule has 0 aromatic rings. The summed E-state index contributed by atoms with van der Waals surface area (Å²) in [6.07, 6.45) is 7.22. The molecule has 0 bridgehead atoms.